The highest BCUT2D eigenvalue weighted by Gasteiger charge is 2.01. The summed E-state index contributed by atoms with van der Waals surface area (Å²) in [7, 11) is 0. The lowest BCUT2D eigenvalue weighted by molar-refractivity contribution is 1.05. The molecule has 1 aromatic heterocycles. The van der Waals surface area contributed by atoms with Crippen LogP contribution < -0.4 is 10.7 Å². The molecule has 2 aromatic carbocycles. The highest BCUT2D eigenvalue weighted by atomic mass is 32.1. The number of para-hydroxylation sites is 1. The standard InChI is InChI=1S/C18H18N4S/c1-12-7-8-16(13(2)9-12)21-18(23)22-20-11-14-10-19-17-6-4-3-5-15(14)17/h3-11,19H,1-2H3,(H2,21,22,23)/b20-11+. The van der Waals surface area contributed by atoms with Crippen molar-refractivity contribution in [2.45, 2.75) is 13.8 Å². The second-order valence-corrected chi connectivity index (χ2v) is 5.84. The summed E-state index contributed by atoms with van der Waals surface area (Å²) < 4.78 is 0. The lowest BCUT2D eigenvalue weighted by atomic mass is 10.1. The zero-order valence-corrected chi connectivity index (χ0v) is 13.9. The molecule has 5 heteroatoms. The minimum Gasteiger partial charge on any atom is -0.361 e. The first-order valence-electron chi connectivity index (χ1n) is 7.37. The van der Waals surface area contributed by atoms with Crippen LogP contribution in [0.4, 0.5) is 5.69 Å². The van der Waals surface area contributed by atoms with E-state index >= 15 is 0 Å². The molecule has 0 radical (unpaired) electrons. The number of benzene rings is 2. The van der Waals surface area contributed by atoms with Gasteiger partial charge in [-0.25, -0.2) is 0 Å². The van der Waals surface area contributed by atoms with Gasteiger partial charge >= 0.3 is 0 Å². The van der Waals surface area contributed by atoms with Gasteiger partial charge in [0, 0.05) is 28.4 Å². The monoisotopic (exact) mass is 322 g/mol. The number of aromatic nitrogens is 1. The number of nitrogens with one attached hydrogen (secondary N) is 3. The molecule has 1 heterocycles. The second-order valence-electron chi connectivity index (χ2n) is 5.43. The van der Waals surface area contributed by atoms with Crippen molar-refractivity contribution < 1.29 is 0 Å². The number of nitrogens with zero attached hydrogens (tertiary/aromatic N) is 1. The largest absolute Gasteiger partial charge is 0.361 e. The van der Waals surface area contributed by atoms with E-state index in [1.807, 2.05) is 43.5 Å². The zero-order chi connectivity index (χ0) is 16.2. The number of hydrogen-bond donors (Lipinski definition) is 3. The van der Waals surface area contributed by atoms with Crippen molar-refractivity contribution in [2.75, 3.05) is 5.32 Å². The molecule has 0 aliphatic carbocycles. The molecule has 0 bridgehead atoms. The minimum absolute atomic E-state index is 0.466. The summed E-state index contributed by atoms with van der Waals surface area (Å²) in [6.07, 6.45) is 3.69. The average molecular weight is 322 g/mol. The van der Waals surface area contributed by atoms with Crippen LogP contribution in [0.5, 0.6) is 0 Å². The quantitative estimate of drug-likeness (QED) is 0.386. The average Bonchev–Trinajstić information content (AvgIpc) is 2.94. The van der Waals surface area contributed by atoms with E-state index in [1.54, 1.807) is 6.21 Å². The van der Waals surface area contributed by atoms with Crippen LogP contribution in [-0.2, 0) is 0 Å². The fourth-order valence-electron chi connectivity index (χ4n) is 2.47. The topological polar surface area (TPSA) is 52.2 Å². The van der Waals surface area contributed by atoms with E-state index in [2.05, 4.69) is 39.9 Å². The molecule has 0 saturated heterocycles. The Morgan fingerprint density at radius 1 is 1.17 bits per heavy atom. The Morgan fingerprint density at radius 3 is 2.83 bits per heavy atom. The number of hydrogen-bond acceptors (Lipinski definition) is 2. The maximum absolute atomic E-state index is 5.28. The van der Waals surface area contributed by atoms with Gasteiger partial charge in [0.2, 0.25) is 0 Å². The Bertz CT molecular complexity index is 880. The summed E-state index contributed by atoms with van der Waals surface area (Å²) in [5.74, 6) is 0. The molecule has 0 amide bonds. The summed E-state index contributed by atoms with van der Waals surface area (Å²) in [5, 5.41) is 8.96. The number of fused-ring (bicyclic) bond motifs is 1. The molecule has 0 saturated carbocycles. The molecule has 23 heavy (non-hydrogen) atoms. The van der Waals surface area contributed by atoms with Gasteiger partial charge in [0.15, 0.2) is 5.11 Å². The number of H-pyrrole nitrogens is 1. The first-order valence-corrected chi connectivity index (χ1v) is 7.78. The molecular formula is C18H18N4S. The van der Waals surface area contributed by atoms with Gasteiger partial charge in [0.1, 0.15) is 0 Å². The predicted molar refractivity (Wildman–Crippen MR) is 101 cm³/mol. The van der Waals surface area contributed by atoms with Gasteiger partial charge in [0.25, 0.3) is 0 Å². The molecule has 0 atom stereocenters. The van der Waals surface area contributed by atoms with Crippen molar-refractivity contribution in [1.29, 1.82) is 0 Å². The summed E-state index contributed by atoms with van der Waals surface area (Å²) in [4.78, 5) is 3.21. The Labute approximate surface area is 140 Å². The number of aromatic amines is 1. The second kappa shape index (κ2) is 6.62. The minimum atomic E-state index is 0.466. The normalized spacial score (nSPS) is 11.0. The maximum Gasteiger partial charge on any atom is 0.191 e. The molecule has 3 N–H and O–H groups in total. The van der Waals surface area contributed by atoms with Gasteiger partial charge in [-0.1, -0.05) is 35.9 Å². The van der Waals surface area contributed by atoms with E-state index < -0.39 is 0 Å². The zero-order valence-electron chi connectivity index (χ0n) is 13.1. The number of anilines is 1. The fourth-order valence-corrected chi connectivity index (χ4v) is 2.63. The molecule has 116 valence electrons. The maximum atomic E-state index is 5.28. The molecule has 0 unspecified atom stereocenters. The van der Waals surface area contributed by atoms with Gasteiger partial charge in [0.05, 0.1) is 6.21 Å². The van der Waals surface area contributed by atoms with Crippen molar-refractivity contribution in [3.8, 4) is 0 Å². The highest BCUT2D eigenvalue weighted by Crippen LogP contribution is 2.16. The van der Waals surface area contributed by atoms with E-state index in [1.165, 1.54) is 5.56 Å². The lowest BCUT2D eigenvalue weighted by Crippen LogP contribution is -2.24. The van der Waals surface area contributed by atoms with Gasteiger partial charge in [-0.05, 0) is 43.8 Å². The number of thiocarbonyl (C=S) groups is 1. The van der Waals surface area contributed by atoms with Gasteiger partial charge in [-0.15, -0.1) is 0 Å². The number of aryl methyl sites for hydroxylation is 2. The van der Waals surface area contributed by atoms with E-state index in [0.717, 1.165) is 27.7 Å². The fraction of sp³-hybridized carbons (Fsp3) is 0.111. The molecule has 0 aliphatic rings. The molecule has 3 rings (SSSR count). The SMILES string of the molecule is Cc1ccc(NC(=S)N/N=C/c2c[nH]c3ccccc23)c(C)c1. The number of rotatable bonds is 3. The van der Waals surface area contributed by atoms with E-state index in [4.69, 9.17) is 12.2 Å². The van der Waals surface area contributed by atoms with Crippen LogP contribution >= 0.6 is 12.2 Å². The van der Waals surface area contributed by atoms with Crippen molar-refractivity contribution in [3.63, 3.8) is 0 Å². The highest BCUT2D eigenvalue weighted by molar-refractivity contribution is 7.80. The summed E-state index contributed by atoms with van der Waals surface area (Å²) >= 11 is 5.28. The molecular weight excluding hydrogens is 304 g/mol. The van der Waals surface area contributed by atoms with E-state index in [9.17, 15) is 0 Å². The smallest absolute Gasteiger partial charge is 0.191 e. The number of hydrazone groups is 1. The van der Waals surface area contributed by atoms with Crippen LogP contribution in [0.2, 0.25) is 0 Å². The van der Waals surface area contributed by atoms with Crippen LogP contribution in [0.3, 0.4) is 0 Å². The van der Waals surface area contributed by atoms with Gasteiger partial charge in [-0.2, -0.15) is 5.10 Å². The molecule has 0 spiro atoms. The van der Waals surface area contributed by atoms with Crippen LogP contribution in [-0.4, -0.2) is 16.3 Å². The third-order valence-electron chi connectivity index (χ3n) is 3.62. The molecule has 4 nitrogen and oxygen atoms in total. The van der Waals surface area contributed by atoms with Crippen molar-refractivity contribution in [3.05, 3.63) is 65.4 Å². The Kier molecular flexibility index (Phi) is 4.39. The van der Waals surface area contributed by atoms with Crippen molar-refractivity contribution in [1.82, 2.24) is 10.4 Å². The third-order valence-corrected chi connectivity index (χ3v) is 3.81. The Balaban J connectivity index is 1.64. The van der Waals surface area contributed by atoms with Crippen molar-refractivity contribution >= 4 is 40.1 Å². The lowest BCUT2D eigenvalue weighted by Gasteiger charge is -2.10. The summed E-state index contributed by atoms with van der Waals surface area (Å²) in [6.45, 7) is 4.12. The molecule has 3 aromatic rings. The Hall–Kier alpha value is -2.66. The summed E-state index contributed by atoms with van der Waals surface area (Å²) in [6, 6.07) is 14.3. The van der Waals surface area contributed by atoms with Gasteiger partial charge in [-0.3, -0.25) is 5.43 Å². The summed E-state index contributed by atoms with van der Waals surface area (Å²) in [5.41, 5.74) is 8.31. The third kappa shape index (κ3) is 3.57. The van der Waals surface area contributed by atoms with Crippen LogP contribution in [0.25, 0.3) is 10.9 Å². The molecule has 0 fully saturated rings. The molecule has 0 aliphatic heterocycles. The van der Waals surface area contributed by atoms with Crippen LogP contribution in [0.1, 0.15) is 16.7 Å². The van der Waals surface area contributed by atoms with Gasteiger partial charge < -0.3 is 10.3 Å². The van der Waals surface area contributed by atoms with Crippen LogP contribution in [0.15, 0.2) is 53.8 Å². The van der Waals surface area contributed by atoms with Crippen LogP contribution in [0, 0.1) is 13.8 Å². The Morgan fingerprint density at radius 2 is 2.00 bits per heavy atom. The van der Waals surface area contributed by atoms with E-state index in [-0.39, 0.29) is 0 Å². The van der Waals surface area contributed by atoms with Crippen molar-refractivity contribution in [2.24, 2.45) is 5.10 Å². The first kappa shape index (κ1) is 15.2. The van der Waals surface area contributed by atoms with E-state index in [0.29, 0.717) is 5.11 Å². The first-order chi connectivity index (χ1) is 11.1. The predicted octanol–water partition coefficient (Wildman–Crippen LogP) is 4.11.